The van der Waals surface area contributed by atoms with Gasteiger partial charge in [0.25, 0.3) is 0 Å². The van der Waals surface area contributed by atoms with Crippen molar-refractivity contribution >= 4 is 11.7 Å². The first-order valence-corrected chi connectivity index (χ1v) is 6.56. The number of hydrogen-bond acceptors (Lipinski definition) is 2. The predicted octanol–water partition coefficient (Wildman–Crippen LogP) is 2.98. The number of carbonyl (C=O) groups is 1. The minimum absolute atomic E-state index is 0.283. The molecule has 23 heavy (non-hydrogen) atoms. The number of nitrogens with one attached hydrogen (secondary N) is 2. The van der Waals surface area contributed by atoms with Gasteiger partial charge < -0.3 is 15.7 Å². The van der Waals surface area contributed by atoms with Gasteiger partial charge in [0.15, 0.2) is 11.6 Å². The monoisotopic (exact) mass is 332 g/mol. The van der Waals surface area contributed by atoms with Crippen LogP contribution in [-0.4, -0.2) is 17.3 Å². The van der Waals surface area contributed by atoms with E-state index in [1.165, 1.54) is 5.32 Å². The van der Waals surface area contributed by atoms with Crippen LogP contribution >= 0.6 is 0 Å². The SMILES string of the molecule is O=C1Nc2c(O)cc(F)c(F)c2[C@@](C#CC2CC2)(C(F)(F)F)N1. The summed E-state index contributed by atoms with van der Waals surface area (Å²) >= 11 is 0. The third kappa shape index (κ3) is 2.34. The molecule has 4 nitrogen and oxygen atoms in total. The molecule has 0 saturated heterocycles. The van der Waals surface area contributed by atoms with Crippen molar-refractivity contribution in [3.05, 3.63) is 23.3 Å². The fourth-order valence-electron chi connectivity index (χ4n) is 2.28. The second-order valence-corrected chi connectivity index (χ2v) is 5.31. The first-order valence-electron chi connectivity index (χ1n) is 6.56. The lowest BCUT2D eigenvalue weighted by molar-refractivity contribution is -0.179. The molecule has 122 valence electrons. The van der Waals surface area contributed by atoms with E-state index in [4.69, 9.17) is 0 Å². The Morgan fingerprint density at radius 3 is 2.52 bits per heavy atom. The zero-order valence-corrected chi connectivity index (χ0v) is 11.3. The summed E-state index contributed by atoms with van der Waals surface area (Å²) in [5.74, 6) is -0.648. The summed E-state index contributed by atoms with van der Waals surface area (Å²) in [6.45, 7) is 0. The van der Waals surface area contributed by atoms with Gasteiger partial charge in [0.2, 0.25) is 5.54 Å². The number of amides is 2. The molecule has 1 atom stereocenters. The van der Waals surface area contributed by atoms with E-state index in [-0.39, 0.29) is 12.0 Å². The average Bonchev–Trinajstić information content (AvgIpc) is 3.25. The molecule has 0 bridgehead atoms. The van der Waals surface area contributed by atoms with Gasteiger partial charge in [0, 0.05) is 12.0 Å². The number of fused-ring (bicyclic) bond motifs is 1. The first kappa shape index (κ1) is 15.4. The maximum absolute atomic E-state index is 14.1. The number of phenols is 1. The van der Waals surface area contributed by atoms with Crippen LogP contribution < -0.4 is 10.6 Å². The van der Waals surface area contributed by atoms with Gasteiger partial charge >= 0.3 is 12.2 Å². The molecule has 2 amide bonds. The number of anilines is 1. The lowest BCUT2D eigenvalue weighted by Gasteiger charge is -2.37. The highest BCUT2D eigenvalue weighted by atomic mass is 19.4. The number of benzene rings is 1. The number of urea groups is 1. The Bertz CT molecular complexity index is 761. The Labute approximate surface area is 126 Å². The van der Waals surface area contributed by atoms with E-state index in [1.54, 1.807) is 0 Å². The van der Waals surface area contributed by atoms with Crippen LogP contribution in [0.25, 0.3) is 0 Å². The Morgan fingerprint density at radius 1 is 1.30 bits per heavy atom. The normalized spacial score (nSPS) is 23.3. The van der Waals surface area contributed by atoms with Crippen molar-refractivity contribution in [1.82, 2.24) is 5.32 Å². The predicted molar refractivity (Wildman–Crippen MR) is 68.4 cm³/mol. The minimum atomic E-state index is -5.23. The topological polar surface area (TPSA) is 61.4 Å². The van der Waals surface area contributed by atoms with Gasteiger partial charge in [-0.1, -0.05) is 11.8 Å². The van der Waals surface area contributed by atoms with Gasteiger partial charge in [-0.3, -0.25) is 0 Å². The number of rotatable bonds is 0. The maximum atomic E-state index is 14.1. The maximum Gasteiger partial charge on any atom is 0.427 e. The van der Waals surface area contributed by atoms with E-state index < -0.39 is 46.4 Å². The van der Waals surface area contributed by atoms with E-state index in [1.807, 2.05) is 11.2 Å². The summed E-state index contributed by atoms with van der Waals surface area (Å²) in [5.41, 5.74) is -5.57. The largest absolute Gasteiger partial charge is 0.506 e. The first-order chi connectivity index (χ1) is 10.7. The number of carbonyl (C=O) groups excluding carboxylic acids is 1. The van der Waals surface area contributed by atoms with Gasteiger partial charge in [0.1, 0.15) is 5.75 Å². The quantitative estimate of drug-likeness (QED) is 0.389. The molecular formula is C14H9F5N2O2. The van der Waals surface area contributed by atoms with Crippen LogP contribution in [0.5, 0.6) is 5.75 Å². The average molecular weight is 332 g/mol. The Hall–Kier alpha value is -2.50. The molecule has 3 rings (SSSR count). The summed E-state index contributed by atoms with van der Waals surface area (Å²) in [6.07, 6.45) is -4.05. The van der Waals surface area contributed by atoms with E-state index in [9.17, 15) is 31.9 Å². The van der Waals surface area contributed by atoms with Gasteiger partial charge in [-0.15, -0.1) is 0 Å². The molecule has 3 N–H and O–H groups in total. The van der Waals surface area contributed by atoms with E-state index in [2.05, 4.69) is 5.92 Å². The Balaban J connectivity index is 2.34. The highest BCUT2D eigenvalue weighted by Gasteiger charge is 2.61. The van der Waals surface area contributed by atoms with Gasteiger partial charge in [-0.2, -0.15) is 13.2 Å². The molecule has 0 radical (unpaired) electrons. The van der Waals surface area contributed by atoms with Crippen molar-refractivity contribution in [3.8, 4) is 17.6 Å². The molecule has 9 heteroatoms. The molecule has 0 spiro atoms. The van der Waals surface area contributed by atoms with Crippen molar-refractivity contribution in [1.29, 1.82) is 0 Å². The smallest absolute Gasteiger partial charge is 0.427 e. The molecule has 1 saturated carbocycles. The molecule has 1 heterocycles. The summed E-state index contributed by atoms with van der Waals surface area (Å²) in [5, 5.41) is 13.0. The fourth-order valence-corrected chi connectivity index (χ4v) is 2.28. The Morgan fingerprint density at radius 2 is 1.96 bits per heavy atom. The van der Waals surface area contributed by atoms with Crippen LogP contribution in [-0.2, 0) is 5.54 Å². The van der Waals surface area contributed by atoms with Crippen LogP contribution in [0.4, 0.5) is 32.4 Å². The van der Waals surface area contributed by atoms with Crippen molar-refractivity contribution in [2.75, 3.05) is 5.32 Å². The second-order valence-electron chi connectivity index (χ2n) is 5.31. The van der Waals surface area contributed by atoms with Gasteiger partial charge in [0.05, 0.1) is 11.3 Å². The molecule has 2 aliphatic rings. The van der Waals surface area contributed by atoms with Crippen LogP contribution in [0, 0.1) is 29.4 Å². The van der Waals surface area contributed by atoms with Crippen LogP contribution in [0.3, 0.4) is 0 Å². The van der Waals surface area contributed by atoms with Crippen molar-refractivity contribution in [3.63, 3.8) is 0 Å². The molecular weight excluding hydrogens is 323 g/mol. The number of hydrogen-bond donors (Lipinski definition) is 3. The van der Waals surface area contributed by atoms with E-state index in [0.717, 1.165) is 0 Å². The van der Waals surface area contributed by atoms with Crippen LogP contribution in [0.2, 0.25) is 0 Å². The number of phenolic OH excluding ortho intramolecular Hbond substituents is 1. The van der Waals surface area contributed by atoms with Crippen LogP contribution in [0.15, 0.2) is 6.07 Å². The molecule has 1 aromatic carbocycles. The minimum Gasteiger partial charge on any atom is -0.506 e. The lowest BCUT2D eigenvalue weighted by atomic mass is 9.85. The molecule has 0 unspecified atom stereocenters. The molecule has 1 aliphatic heterocycles. The van der Waals surface area contributed by atoms with Crippen molar-refractivity contribution in [2.45, 2.75) is 24.6 Å². The standard InChI is InChI=1S/C14H9F5N2O2/c15-7-5-8(22)11-9(10(7)16)13(14(17,18)19,21-12(23)20-11)4-3-6-1-2-6/h5-6,22H,1-2H2,(H2,20,21,23)/t13-/m0/s1. The van der Waals surface area contributed by atoms with Gasteiger partial charge in [-0.25, -0.2) is 13.6 Å². The lowest BCUT2D eigenvalue weighted by Crippen LogP contribution is -2.59. The van der Waals surface area contributed by atoms with E-state index >= 15 is 0 Å². The zero-order chi connectivity index (χ0) is 17.0. The molecule has 1 aromatic rings. The van der Waals surface area contributed by atoms with Crippen molar-refractivity contribution in [2.24, 2.45) is 5.92 Å². The van der Waals surface area contributed by atoms with Crippen molar-refractivity contribution < 1.29 is 31.9 Å². The summed E-state index contributed by atoms with van der Waals surface area (Å²) in [4.78, 5) is 11.6. The number of alkyl halides is 3. The molecule has 1 aliphatic carbocycles. The van der Waals surface area contributed by atoms with E-state index in [0.29, 0.717) is 12.8 Å². The Kier molecular flexibility index (Phi) is 3.18. The summed E-state index contributed by atoms with van der Waals surface area (Å²) in [6, 6.07) is -1.05. The fraction of sp³-hybridized carbons (Fsp3) is 0.357. The number of aromatic hydroxyl groups is 1. The van der Waals surface area contributed by atoms with Crippen LogP contribution in [0.1, 0.15) is 18.4 Å². The number of halogens is 5. The zero-order valence-electron chi connectivity index (χ0n) is 11.3. The molecule has 1 fully saturated rings. The highest BCUT2D eigenvalue weighted by Crippen LogP contribution is 2.48. The molecule has 0 aromatic heterocycles. The third-order valence-electron chi connectivity index (χ3n) is 3.58. The van der Waals surface area contributed by atoms with Gasteiger partial charge in [-0.05, 0) is 12.8 Å². The second kappa shape index (κ2) is 4.75. The summed E-state index contributed by atoms with van der Waals surface area (Å²) in [7, 11) is 0. The highest BCUT2D eigenvalue weighted by molar-refractivity contribution is 5.96. The summed E-state index contributed by atoms with van der Waals surface area (Å²) < 4.78 is 68.6. The third-order valence-corrected chi connectivity index (χ3v) is 3.58.